The van der Waals surface area contributed by atoms with Crippen LogP contribution in [0.5, 0.6) is 0 Å². The van der Waals surface area contributed by atoms with Crippen LogP contribution in [0.1, 0.15) is 18.6 Å². The van der Waals surface area contributed by atoms with Crippen LogP contribution in [0, 0.1) is 6.92 Å². The minimum Gasteiger partial charge on any atom is -0.481 e. The minimum atomic E-state index is -0.825. The molecule has 1 N–H and O–H groups in total. The third-order valence-electron chi connectivity index (χ3n) is 2.25. The van der Waals surface area contributed by atoms with Crippen molar-refractivity contribution in [1.82, 2.24) is 20.2 Å². The van der Waals surface area contributed by atoms with Gasteiger partial charge in [-0.1, -0.05) is 0 Å². The molecule has 0 bridgehead atoms. The second-order valence-corrected chi connectivity index (χ2v) is 3.63. The van der Waals surface area contributed by atoms with Crippen molar-refractivity contribution in [1.29, 1.82) is 0 Å². The van der Waals surface area contributed by atoms with E-state index >= 15 is 0 Å². The van der Waals surface area contributed by atoms with Crippen LogP contribution in [-0.4, -0.2) is 31.3 Å². The standard InChI is InChI=1S/C10H12N4O3/c1-7-4-5-8(17-7)10-11-12-13-14(10)6-2-3-9(15)16/h4-5H,2-3,6H2,1H3,(H,15,16). The van der Waals surface area contributed by atoms with Gasteiger partial charge >= 0.3 is 5.97 Å². The Morgan fingerprint density at radius 3 is 3.00 bits per heavy atom. The van der Waals surface area contributed by atoms with Gasteiger partial charge in [0.1, 0.15) is 5.76 Å². The van der Waals surface area contributed by atoms with E-state index in [1.54, 1.807) is 10.7 Å². The van der Waals surface area contributed by atoms with Crippen molar-refractivity contribution in [2.24, 2.45) is 0 Å². The highest BCUT2D eigenvalue weighted by atomic mass is 16.4. The molecule has 7 heteroatoms. The Bertz CT molecular complexity index is 517. The van der Waals surface area contributed by atoms with Crippen LogP contribution in [0.4, 0.5) is 0 Å². The molecule has 0 atom stereocenters. The SMILES string of the molecule is Cc1ccc(-c2nnnn2CCCC(=O)O)o1. The summed E-state index contributed by atoms with van der Waals surface area (Å²) in [5.41, 5.74) is 0. The predicted octanol–water partition coefficient (Wildman–Crippen LogP) is 1.11. The number of hydrogen-bond donors (Lipinski definition) is 1. The van der Waals surface area contributed by atoms with Gasteiger partial charge in [0.05, 0.1) is 0 Å². The summed E-state index contributed by atoms with van der Waals surface area (Å²) >= 11 is 0. The van der Waals surface area contributed by atoms with Crippen LogP contribution in [0.25, 0.3) is 11.6 Å². The quantitative estimate of drug-likeness (QED) is 0.835. The first kappa shape index (κ1) is 11.3. The van der Waals surface area contributed by atoms with Gasteiger partial charge in [-0.3, -0.25) is 4.79 Å². The summed E-state index contributed by atoms with van der Waals surface area (Å²) in [6, 6.07) is 3.61. The monoisotopic (exact) mass is 236 g/mol. The molecule has 2 heterocycles. The molecule has 90 valence electrons. The zero-order valence-corrected chi connectivity index (χ0v) is 9.33. The molecule has 0 saturated carbocycles. The first-order chi connectivity index (χ1) is 8.16. The molecule has 0 aliphatic carbocycles. The third-order valence-corrected chi connectivity index (χ3v) is 2.25. The molecule has 0 radical (unpaired) electrons. The molecule has 0 fully saturated rings. The van der Waals surface area contributed by atoms with E-state index in [1.165, 1.54) is 0 Å². The number of carboxylic acids is 1. The number of nitrogens with zero attached hydrogens (tertiary/aromatic N) is 4. The number of hydrogen-bond acceptors (Lipinski definition) is 5. The van der Waals surface area contributed by atoms with E-state index in [4.69, 9.17) is 9.52 Å². The van der Waals surface area contributed by atoms with Crippen molar-refractivity contribution in [2.45, 2.75) is 26.3 Å². The first-order valence-electron chi connectivity index (χ1n) is 5.21. The molecule has 0 aromatic carbocycles. The van der Waals surface area contributed by atoms with Gasteiger partial charge in [0.2, 0.25) is 5.82 Å². The van der Waals surface area contributed by atoms with E-state index in [0.29, 0.717) is 24.6 Å². The van der Waals surface area contributed by atoms with E-state index in [-0.39, 0.29) is 6.42 Å². The Labute approximate surface area is 97.0 Å². The first-order valence-corrected chi connectivity index (χ1v) is 5.21. The van der Waals surface area contributed by atoms with Crippen LogP contribution in [0.15, 0.2) is 16.5 Å². The summed E-state index contributed by atoms with van der Waals surface area (Å²) in [6.07, 6.45) is 0.573. The highest BCUT2D eigenvalue weighted by Gasteiger charge is 2.12. The Hall–Kier alpha value is -2.18. The molecule has 2 aromatic heterocycles. The maximum Gasteiger partial charge on any atom is 0.303 e. The van der Waals surface area contributed by atoms with Gasteiger partial charge in [0, 0.05) is 13.0 Å². The van der Waals surface area contributed by atoms with Crippen molar-refractivity contribution in [3.05, 3.63) is 17.9 Å². The summed E-state index contributed by atoms with van der Waals surface area (Å²) in [5, 5.41) is 19.8. The molecular weight excluding hydrogens is 224 g/mol. The number of aromatic nitrogens is 4. The van der Waals surface area contributed by atoms with Gasteiger partial charge in [-0.05, 0) is 35.9 Å². The Morgan fingerprint density at radius 2 is 2.35 bits per heavy atom. The van der Waals surface area contributed by atoms with Crippen molar-refractivity contribution in [3.8, 4) is 11.6 Å². The number of aliphatic carboxylic acids is 1. The van der Waals surface area contributed by atoms with Crippen LogP contribution in [0.2, 0.25) is 0 Å². The molecule has 0 amide bonds. The van der Waals surface area contributed by atoms with Gasteiger partial charge in [-0.2, -0.15) is 0 Å². The predicted molar refractivity (Wildman–Crippen MR) is 57.1 cm³/mol. The van der Waals surface area contributed by atoms with Crippen molar-refractivity contribution >= 4 is 5.97 Å². The fourth-order valence-electron chi connectivity index (χ4n) is 1.47. The Balaban J connectivity index is 2.09. The smallest absolute Gasteiger partial charge is 0.303 e. The topological polar surface area (TPSA) is 94.0 Å². The fraction of sp³-hybridized carbons (Fsp3) is 0.400. The number of aryl methyl sites for hydroxylation is 2. The van der Waals surface area contributed by atoms with E-state index in [9.17, 15) is 4.79 Å². The van der Waals surface area contributed by atoms with E-state index in [1.807, 2.05) is 13.0 Å². The molecule has 2 rings (SSSR count). The molecule has 0 aliphatic rings. The van der Waals surface area contributed by atoms with Gasteiger partial charge in [-0.15, -0.1) is 5.10 Å². The number of rotatable bonds is 5. The molecule has 0 aliphatic heterocycles. The average Bonchev–Trinajstić information content (AvgIpc) is 2.86. The van der Waals surface area contributed by atoms with Crippen LogP contribution in [0.3, 0.4) is 0 Å². The van der Waals surface area contributed by atoms with E-state index in [0.717, 1.165) is 5.76 Å². The van der Waals surface area contributed by atoms with Crippen LogP contribution in [-0.2, 0) is 11.3 Å². The number of furan rings is 1. The van der Waals surface area contributed by atoms with Crippen LogP contribution >= 0.6 is 0 Å². The lowest BCUT2D eigenvalue weighted by Gasteiger charge is -2.00. The number of carbonyl (C=O) groups is 1. The Morgan fingerprint density at radius 1 is 1.53 bits per heavy atom. The van der Waals surface area contributed by atoms with E-state index < -0.39 is 5.97 Å². The lowest BCUT2D eigenvalue weighted by Crippen LogP contribution is -2.05. The summed E-state index contributed by atoms with van der Waals surface area (Å²) in [7, 11) is 0. The largest absolute Gasteiger partial charge is 0.481 e. The van der Waals surface area contributed by atoms with Gasteiger partial charge in [-0.25, -0.2) is 4.68 Å². The van der Waals surface area contributed by atoms with Crippen molar-refractivity contribution < 1.29 is 14.3 Å². The molecule has 7 nitrogen and oxygen atoms in total. The maximum absolute atomic E-state index is 10.4. The number of carboxylic acid groups (broad SMARTS) is 1. The van der Waals surface area contributed by atoms with Crippen LogP contribution < -0.4 is 0 Å². The minimum absolute atomic E-state index is 0.0937. The van der Waals surface area contributed by atoms with Gasteiger partial charge < -0.3 is 9.52 Å². The second kappa shape index (κ2) is 4.77. The number of tetrazole rings is 1. The highest BCUT2D eigenvalue weighted by Crippen LogP contribution is 2.18. The van der Waals surface area contributed by atoms with Gasteiger partial charge in [0.15, 0.2) is 5.76 Å². The van der Waals surface area contributed by atoms with Gasteiger partial charge in [0.25, 0.3) is 0 Å². The summed E-state index contributed by atoms with van der Waals surface area (Å²) in [4.78, 5) is 10.4. The average molecular weight is 236 g/mol. The lowest BCUT2D eigenvalue weighted by molar-refractivity contribution is -0.137. The van der Waals surface area contributed by atoms with Crippen molar-refractivity contribution in [3.63, 3.8) is 0 Å². The van der Waals surface area contributed by atoms with Crippen molar-refractivity contribution in [2.75, 3.05) is 0 Å². The highest BCUT2D eigenvalue weighted by molar-refractivity contribution is 5.66. The Kier molecular flexibility index (Phi) is 3.17. The normalized spacial score (nSPS) is 10.6. The zero-order chi connectivity index (χ0) is 12.3. The molecule has 2 aromatic rings. The summed E-state index contributed by atoms with van der Waals surface area (Å²) in [6.45, 7) is 2.29. The third kappa shape index (κ3) is 2.68. The summed E-state index contributed by atoms with van der Waals surface area (Å²) < 4.78 is 6.96. The molecule has 0 spiro atoms. The molecular formula is C10H12N4O3. The molecule has 0 saturated heterocycles. The fourth-order valence-corrected chi connectivity index (χ4v) is 1.47. The molecule has 17 heavy (non-hydrogen) atoms. The zero-order valence-electron chi connectivity index (χ0n) is 9.33. The molecule has 0 unspecified atom stereocenters. The second-order valence-electron chi connectivity index (χ2n) is 3.63. The maximum atomic E-state index is 10.4. The van der Waals surface area contributed by atoms with E-state index in [2.05, 4.69) is 15.5 Å². The lowest BCUT2D eigenvalue weighted by atomic mass is 10.3. The summed E-state index contributed by atoms with van der Waals surface area (Å²) in [5.74, 6) is 1.06.